The fraction of sp³-hybridized carbons (Fsp3) is 0.500. The van der Waals surface area contributed by atoms with Crippen molar-refractivity contribution in [3.63, 3.8) is 0 Å². The number of nitrogens with zero attached hydrogens (tertiary/aromatic N) is 2. The van der Waals surface area contributed by atoms with E-state index in [0.717, 1.165) is 6.92 Å². The Bertz CT molecular complexity index is 183. The van der Waals surface area contributed by atoms with E-state index in [9.17, 15) is 9.90 Å². The number of carboxylic acid groups (broad SMARTS) is 1. The standard InChI is InChI=1S/C3H6O3.CH2N4.ClH.HI.Na/c1-2(4)3(5)6;1-2-4-5-3-1;;;/h2,4H,1H3,(H,5,6);1H,(H,2,3,4,5);2*1H;/q;;;;+1/p-2. The largest absolute Gasteiger partial charge is 1.00 e. The number of tetrazole rings is 1. The van der Waals surface area contributed by atoms with Crippen LogP contribution in [0.5, 0.6) is 0 Å². The molecule has 0 saturated carbocycles. The van der Waals surface area contributed by atoms with Gasteiger partial charge in [-0.1, -0.05) is 0 Å². The van der Waals surface area contributed by atoms with Gasteiger partial charge in [0.1, 0.15) is 5.21 Å². The first-order chi connectivity index (χ1) is 5.14. The van der Waals surface area contributed by atoms with Crippen molar-refractivity contribution >= 4 is 5.97 Å². The number of aliphatic hydroxyl groups is 1. The summed E-state index contributed by atoms with van der Waals surface area (Å²) in [5.41, 5.74) is 0. The van der Waals surface area contributed by atoms with E-state index in [1.807, 2.05) is 0 Å². The molecule has 1 unspecified atom stereocenters. The average molecular weight is 345 g/mol. The third-order valence-corrected chi connectivity index (χ3v) is 0.636. The molecule has 7 nitrogen and oxygen atoms in total. The number of H-pyrrole nitrogens is 2. The molecule has 14 heavy (non-hydrogen) atoms. The minimum absolute atomic E-state index is 0. The van der Waals surface area contributed by atoms with Crippen LogP contribution < -0.4 is 76.3 Å². The molecule has 0 saturated heterocycles. The molecule has 0 radical (unpaired) electrons. The number of hydrogen-bond donors (Lipinski definition) is 2. The van der Waals surface area contributed by atoms with Crippen LogP contribution in [-0.4, -0.2) is 32.6 Å². The predicted octanol–water partition coefficient (Wildman–Crippen LogP) is -12.3. The van der Waals surface area contributed by atoms with Crippen molar-refractivity contribution in [1.29, 1.82) is 0 Å². The molecule has 0 spiro atoms. The van der Waals surface area contributed by atoms with Crippen molar-refractivity contribution in [2.45, 2.75) is 13.0 Å². The third-order valence-electron chi connectivity index (χ3n) is 0.636. The molecule has 0 aromatic carbocycles. The average Bonchev–Trinajstić information content (AvgIpc) is 2.41. The Morgan fingerprint density at radius 1 is 1.71 bits per heavy atom. The number of rotatable bonds is 1. The number of carboxylic acids is 1. The summed E-state index contributed by atoms with van der Waals surface area (Å²) in [5.74, 6) is -1.44. The molecule has 1 rings (SSSR count). The second kappa shape index (κ2) is 16.0. The zero-order valence-corrected chi connectivity index (χ0v) is 12.5. The molecule has 0 fully saturated rings. The topological polar surface area (TPSA) is 116 Å². The van der Waals surface area contributed by atoms with Crippen LogP contribution in [0.15, 0.2) is 6.33 Å². The summed E-state index contributed by atoms with van der Waals surface area (Å²) in [7, 11) is 0. The maximum absolute atomic E-state index is 9.34. The van der Waals surface area contributed by atoms with Gasteiger partial charge in [-0.05, 0) is 17.2 Å². The first kappa shape index (κ1) is 24.0. The van der Waals surface area contributed by atoms with Gasteiger partial charge in [-0.25, -0.2) is 0 Å². The fourth-order valence-electron chi connectivity index (χ4n) is 0.144. The zero-order chi connectivity index (χ0) is 8.69. The Kier molecular flexibility index (Phi) is 27.4. The summed E-state index contributed by atoms with van der Waals surface area (Å²) in [4.78, 5) is 9.34. The summed E-state index contributed by atoms with van der Waals surface area (Å²) >= 11 is 0. The van der Waals surface area contributed by atoms with Crippen LogP contribution in [0.1, 0.15) is 6.92 Å². The number of halogens is 2. The van der Waals surface area contributed by atoms with Crippen molar-refractivity contribution in [2.24, 2.45) is 0 Å². The van der Waals surface area contributed by atoms with Gasteiger partial charge in [0, 0.05) is 0 Å². The Labute approximate surface area is 126 Å². The molecule has 0 amide bonds. The third kappa shape index (κ3) is 18.3. The number of aromatic amines is 2. The monoisotopic (exact) mass is 345 g/mol. The molecular weight excluding hydrogens is 337 g/mol. The Morgan fingerprint density at radius 3 is 2.21 bits per heavy atom. The number of nitrogens with one attached hydrogen (secondary N) is 2. The molecule has 0 aliphatic rings. The van der Waals surface area contributed by atoms with Crippen LogP contribution in [0.2, 0.25) is 0 Å². The summed E-state index contributed by atoms with van der Waals surface area (Å²) in [6.45, 7) is 1.13. The SMILES string of the molecule is CC(O)C(=O)[O-].[Cl-].[I-].[Na+].c1n[nH+]n[nH]1. The number of aliphatic hydroxyl groups excluding tert-OH is 1. The maximum atomic E-state index is 9.34. The second-order valence-corrected chi connectivity index (χ2v) is 1.59. The second-order valence-electron chi connectivity index (χ2n) is 1.59. The van der Waals surface area contributed by atoms with Gasteiger partial charge in [0.05, 0.1) is 12.1 Å². The molecule has 3 N–H and O–H groups in total. The van der Waals surface area contributed by atoms with E-state index in [2.05, 4.69) is 20.6 Å². The van der Waals surface area contributed by atoms with Crippen molar-refractivity contribution in [3.8, 4) is 0 Å². The first-order valence-electron chi connectivity index (χ1n) is 2.75. The summed E-state index contributed by atoms with van der Waals surface area (Å²) in [5, 5.41) is 28.8. The van der Waals surface area contributed by atoms with Crippen LogP contribution >= 0.6 is 0 Å². The Morgan fingerprint density at radius 2 is 2.14 bits per heavy atom. The van der Waals surface area contributed by atoms with E-state index in [1.165, 1.54) is 6.33 Å². The Balaban J connectivity index is -0.0000000590. The van der Waals surface area contributed by atoms with E-state index in [4.69, 9.17) is 5.11 Å². The fourth-order valence-corrected chi connectivity index (χ4v) is 0.144. The molecule has 10 heteroatoms. The van der Waals surface area contributed by atoms with Crippen LogP contribution in [0.25, 0.3) is 0 Å². The van der Waals surface area contributed by atoms with Gasteiger partial charge in [0.2, 0.25) is 6.33 Å². The maximum Gasteiger partial charge on any atom is 1.00 e. The predicted molar refractivity (Wildman–Crippen MR) is 29.6 cm³/mol. The molecular formula is C4H8ClIN4NaO3-. The quantitative estimate of drug-likeness (QED) is 0.387. The number of carbonyl (C=O) groups excluding carboxylic acids is 1. The van der Waals surface area contributed by atoms with E-state index in [-0.39, 0.29) is 65.9 Å². The molecule has 0 bridgehead atoms. The normalized spacial score (nSPS) is 8.71. The van der Waals surface area contributed by atoms with Crippen molar-refractivity contribution < 1.29 is 86.2 Å². The number of aliphatic carboxylic acids is 1. The van der Waals surface area contributed by atoms with E-state index < -0.39 is 12.1 Å². The van der Waals surface area contributed by atoms with Crippen molar-refractivity contribution in [2.75, 3.05) is 0 Å². The van der Waals surface area contributed by atoms with Gasteiger partial charge in [-0.2, -0.15) is 0 Å². The first-order valence-corrected chi connectivity index (χ1v) is 2.75. The molecule has 1 atom stereocenters. The minimum atomic E-state index is -1.44. The molecule has 0 aliphatic heterocycles. The van der Waals surface area contributed by atoms with Gasteiger partial charge in [-0.3, -0.25) is 0 Å². The van der Waals surface area contributed by atoms with Crippen LogP contribution in [0, 0.1) is 0 Å². The van der Waals surface area contributed by atoms with Gasteiger partial charge in [0.15, 0.2) is 0 Å². The minimum Gasteiger partial charge on any atom is -1.00 e. The van der Waals surface area contributed by atoms with Gasteiger partial charge in [-0.15, -0.1) is 5.10 Å². The Hall–Kier alpha value is 0.520. The molecule has 78 valence electrons. The van der Waals surface area contributed by atoms with E-state index >= 15 is 0 Å². The van der Waals surface area contributed by atoms with Crippen LogP contribution in [0.4, 0.5) is 0 Å². The number of hydrogen-bond acceptors (Lipinski definition) is 5. The summed E-state index contributed by atoms with van der Waals surface area (Å²) < 4.78 is 0. The van der Waals surface area contributed by atoms with Gasteiger partial charge < -0.3 is 51.4 Å². The molecule has 0 aliphatic carbocycles. The van der Waals surface area contributed by atoms with Crippen molar-refractivity contribution in [3.05, 3.63) is 6.33 Å². The van der Waals surface area contributed by atoms with Crippen molar-refractivity contribution in [1.82, 2.24) is 15.4 Å². The van der Waals surface area contributed by atoms with Gasteiger partial charge in [0.25, 0.3) is 0 Å². The summed E-state index contributed by atoms with van der Waals surface area (Å²) in [6.07, 6.45) is 0.116. The van der Waals surface area contributed by atoms with Crippen LogP contribution in [0.3, 0.4) is 0 Å². The molecule has 1 aromatic rings. The number of carbonyl (C=O) groups is 1. The zero-order valence-electron chi connectivity index (χ0n) is 7.57. The van der Waals surface area contributed by atoms with E-state index in [1.54, 1.807) is 0 Å². The van der Waals surface area contributed by atoms with Crippen LogP contribution in [-0.2, 0) is 4.79 Å². The smallest absolute Gasteiger partial charge is 1.00 e. The summed E-state index contributed by atoms with van der Waals surface area (Å²) in [6, 6.07) is 0. The number of aromatic nitrogens is 4. The van der Waals surface area contributed by atoms with E-state index in [0.29, 0.717) is 0 Å². The molecule has 1 heterocycles. The molecule has 1 aromatic heterocycles. The van der Waals surface area contributed by atoms with Gasteiger partial charge >= 0.3 is 29.6 Å².